The summed E-state index contributed by atoms with van der Waals surface area (Å²) in [6, 6.07) is 14.9. The van der Waals surface area contributed by atoms with Crippen LogP contribution < -0.4 is 0 Å². The normalized spacial score (nSPS) is 28.1. The lowest BCUT2D eigenvalue weighted by Crippen LogP contribution is -2.35. The molecule has 1 aromatic heterocycles. The summed E-state index contributed by atoms with van der Waals surface area (Å²) in [6.07, 6.45) is 5.90. The summed E-state index contributed by atoms with van der Waals surface area (Å²) < 4.78 is 0. The highest BCUT2D eigenvalue weighted by molar-refractivity contribution is 5.82. The van der Waals surface area contributed by atoms with Gasteiger partial charge < -0.3 is 4.90 Å². The Balaban J connectivity index is 1.40. The fourth-order valence-electron chi connectivity index (χ4n) is 4.56. The molecule has 1 saturated heterocycles. The predicted octanol–water partition coefficient (Wildman–Crippen LogP) is 3.34. The topological polar surface area (TPSA) is 36.4 Å². The van der Waals surface area contributed by atoms with Crippen molar-refractivity contribution in [3.63, 3.8) is 0 Å². The maximum Gasteiger partial charge on any atom is 0.226 e. The van der Waals surface area contributed by atoms with Gasteiger partial charge in [0.15, 0.2) is 0 Å². The van der Waals surface area contributed by atoms with Gasteiger partial charge in [-0.15, -0.1) is 0 Å². The van der Waals surface area contributed by atoms with E-state index in [1.54, 1.807) is 0 Å². The first-order valence-corrected chi connectivity index (χ1v) is 9.55. The van der Waals surface area contributed by atoms with Crippen molar-refractivity contribution in [1.29, 1.82) is 0 Å². The Morgan fingerprint density at radius 3 is 2.69 bits per heavy atom. The minimum absolute atomic E-state index is 0.165. The zero-order valence-electron chi connectivity index (χ0n) is 15.6. The Kier molecular flexibility index (Phi) is 4.77. The number of aromatic nitrogens is 1. The number of carbonyl (C=O) groups is 1. The molecule has 4 heteroatoms. The SMILES string of the molecule is CN(C[C@@H]1CCN(C)[C@H]1c1cccnc1)C(=O)[C@@H]1C[C@H]1c1ccccc1. The van der Waals surface area contributed by atoms with E-state index in [2.05, 4.69) is 47.3 Å². The minimum Gasteiger partial charge on any atom is -0.345 e. The van der Waals surface area contributed by atoms with Gasteiger partial charge in [0.05, 0.1) is 0 Å². The van der Waals surface area contributed by atoms with Crippen LogP contribution >= 0.6 is 0 Å². The smallest absolute Gasteiger partial charge is 0.226 e. The molecule has 136 valence electrons. The fraction of sp³-hybridized carbons (Fsp3) is 0.455. The number of carbonyl (C=O) groups excluding carboxylic acids is 1. The Hall–Kier alpha value is -2.20. The molecule has 4 nitrogen and oxygen atoms in total. The highest BCUT2D eigenvalue weighted by atomic mass is 16.2. The Morgan fingerprint density at radius 2 is 1.96 bits per heavy atom. The van der Waals surface area contributed by atoms with Crippen LogP contribution in [0.3, 0.4) is 0 Å². The molecule has 1 aliphatic heterocycles. The van der Waals surface area contributed by atoms with Gasteiger partial charge in [-0.05, 0) is 55.5 Å². The molecular weight excluding hydrogens is 322 g/mol. The molecule has 2 heterocycles. The molecule has 2 aromatic rings. The van der Waals surface area contributed by atoms with E-state index in [9.17, 15) is 4.79 Å². The lowest BCUT2D eigenvalue weighted by molar-refractivity contribution is -0.132. The second-order valence-electron chi connectivity index (χ2n) is 7.84. The van der Waals surface area contributed by atoms with Crippen molar-refractivity contribution < 1.29 is 4.79 Å². The van der Waals surface area contributed by atoms with Crippen LogP contribution in [0.25, 0.3) is 0 Å². The van der Waals surface area contributed by atoms with E-state index in [0.29, 0.717) is 23.8 Å². The van der Waals surface area contributed by atoms with Crippen molar-refractivity contribution in [3.8, 4) is 0 Å². The molecule has 4 atom stereocenters. The minimum atomic E-state index is 0.165. The largest absolute Gasteiger partial charge is 0.345 e. The molecule has 2 aliphatic rings. The predicted molar refractivity (Wildman–Crippen MR) is 103 cm³/mol. The Labute approximate surface area is 155 Å². The second-order valence-corrected chi connectivity index (χ2v) is 7.84. The van der Waals surface area contributed by atoms with E-state index < -0.39 is 0 Å². The molecule has 26 heavy (non-hydrogen) atoms. The van der Waals surface area contributed by atoms with E-state index in [-0.39, 0.29) is 5.92 Å². The molecule has 0 unspecified atom stereocenters. The maximum absolute atomic E-state index is 12.9. The van der Waals surface area contributed by atoms with Gasteiger partial charge in [0.25, 0.3) is 0 Å². The number of hydrogen-bond acceptors (Lipinski definition) is 3. The monoisotopic (exact) mass is 349 g/mol. The number of likely N-dealkylation sites (tertiary alicyclic amines) is 1. The quantitative estimate of drug-likeness (QED) is 0.831. The van der Waals surface area contributed by atoms with Crippen LogP contribution in [0.2, 0.25) is 0 Å². The lowest BCUT2D eigenvalue weighted by atomic mass is 9.94. The van der Waals surface area contributed by atoms with Crippen molar-refractivity contribution in [2.24, 2.45) is 11.8 Å². The summed E-state index contributed by atoms with van der Waals surface area (Å²) in [7, 11) is 4.15. The third-order valence-corrected chi connectivity index (χ3v) is 6.02. The van der Waals surface area contributed by atoms with Crippen LogP contribution in [0, 0.1) is 11.8 Å². The molecule has 4 rings (SSSR count). The highest BCUT2D eigenvalue weighted by Gasteiger charge is 2.45. The molecule has 2 fully saturated rings. The molecule has 0 bridgehead atoms. The maximum atomic E-state index is 12.9. The molecule has 0 N–H and O–H groups in total. The average molecular weight is 349 g/mol. The van der Waals surface area contributed by atoms with Crippen molar-refractivity contribution in [2.45, 2.75) is 24.8 Å². The van der Waals surface area contributed by atoms with Gasteiger partial charge >= 0.3 is 0 Å². The number of hydrogen-bond donors (Lipinski definition) is 0. The number of nitrogens with zero attached hydrogens (tertiary/aromatic N) is 3. The number of amides is 1. The fourth-order valence-corrected chi connectivity index (χ4v) is 4.56. The van der Waals surface area contributed by atoms with Crippen molar-refractivity contribution in [2.75, 3.05) is 27.2 Å². The lowest BCUT2D eigenvalue weighted by Gasteiger charge is -2.29. The summed E-state index contributed by atoms with van der Waals surface area (Å²) in [5.74, 6) is 1.34. The van der Waals surface area contributed by atoms with Gasteiger partial charge in [-0.1, -0.05) is 36.4 Å². The van der Waals surface area contributed by atoms with Gasteiger partial charge in [0.2, 0.25) is 5.91 Å². The van der Waals surface area contributed by atoms with Gasteiger partial charge in [0.1, 0.15) is 0 Å². The summed E-state index contributed by atoms with van der Waals surface area (Å²) >= 11 is 0. The number of rotatable bonds is 5. The van der Waals surface area contributed by atoms with E-state index in [1.165, 1.54) is 11.1 Å². The first kappa shape index (κ1) is 17.2. The highest BCUT2D eigenvalue weighted by Crippen LogP contribution is 2.48. The summed E-state index contributed by atoms with van der Waals surface area (Å²) in [5.41, 5.74) is 2.56. The first-order chi connectivity index (χ1) is 12.6. The third kappa shape index (κ3) is 3.38. The van der Waals surface area contributed by atoms with Gasteiger partial charge in [-0.25, -0.2) is 0 Å². The van der Waals surface area contributed by atoms with Gasteiger partial charge in [-0.3, -0.25) is 14.7 Å². The second kappa shape index (κ2) is 7.20. The summed E-state index contributed by atoms with van der Waals surface area (Å²) in [4.78, 5) is 21.6. The summed E-state index contributed by atoms with van der Waals surface area (Å²) in [6.45, 7) is 1.89. The molecule has 0 radical (unpaired) electrons. The molecule has 1 aliphatic carbocycles. The summed E-state index contributed by atoms with van der Waals surface area (Å²) in [5, 5.41) is 0. The van der Waals surface area contributed by atoms with E-state index >= 15 is 0 Å². The van der Waals surface area contributed by atoms with E-state index in [0.717, 1.165) is 25.9 Å². The first-order valence-electron chi connectivity index (χ1n) is 9.55. The zero-order valence-corrected chi connectivity index (χ0v) is 15.6. The van der Waals surface area contributed by atoms with Gasteiger partial charge in [-0.2, -0.15) is 0 Å². The average Bonchev–Trinajstić information content (AvgIpc) is 3.40. The molecule has 1 amide bonds. The number of benzene rings is 1. The molecular formula is C22H27N3O. The Bertz CT molecular complexity index is 748. The molecule has 1 aromatic carbocycles. The molecule has 0 spiro atoms. The van der Waals surface area contributed by atoms with E-state index in [1.807, 2.05) is 36.5 Å². The van der Waals surface area contributed by atoms with Crippen LogP contribution in [0.15, 0.2) is 54.9 Å². The van der Waals surface area contributed by atoms with Crippen LogP contribution in [-0.2, 0) is 4.79 Å². The van der Waals surface area contributed by atoms with Crippen molar-refractivity contribution in [3.05, 3.63) is 66.0 Å². The van der Waals surface area contributed by atoms with Crippen molar-refractivity contribution in [1.82, 2.24) is 14.8 Å². The molecule has 1 saturated carbocycles. The van der Waals surface area contributed by atoms with Crippen LogP contribution in [-0.4, -0.2) is 47.9 Å². The Morgan fingerprint density at radius 1 is 1.19 bits per heavy atom. The standard InChI is InChI=1S/C22H27N3O/c1-24-12-10-18(21(24)17-9-6-11-23-14-17)15-25(2)22(26)20-13-19(20)16-7-4-3-5-8-16/h3-9,11,14,18-21H,10,12-13,15H2,1-2H3/t18-,19-,20+,21-/m0/s1. The van der Waals surface area contributed by atoms with Crippen LogP contribution in [0.4, 0.5) is 0 Å². The third-order valence-electron chi connectivity index (χ3n) is 6.02. The number of pyridine rings is 1. The van der Waals surface area contributed by atoms with Gasteiger partial charge in [0, 0.05) is 37.9 Å². The van der Waals surface area contributed by atoms with Crippen molar-refractivity contribution >= 4 is 5.91 Å². The van der Waals surface area contributed by atoms with E-state index in [4.69, 9.17) is 0 Å². The van der Waals surface area contributed by atoms with Crippen LogP contribution in [0.5, 0.6) is 0 Å². The zero-order chi connectivity index (χ0) is 18.1. The van der Waals surface area contributed by atoms with Crippen LogP contribution in [0.1, 0.15) is 35.9 Å².